The molecule has 0 radical (unpaired) electrons. The lowest BCUT2D eigenvalue weighted by Crippen LogP contribution is -2.34. The number of nitrogens with zero attached hydrogens (tertiary/aromatic N) is 7. The molecule has 0 aromatic carbocycles. The first kappa shape index (κ1) is 10.2. The topological polar surface area (TPSA) is 72.1 Å². The predicted octanol–water partition coefficient (Wildman–Crippen LogP) is 0.0344. The summed E-state index contributed by atoms with van der Waals surface area (Å²) in [6.45, 7) is 1.61. The van der Waals surface area contributed by atoms with Gasteiger partial charge in [-0.3, -0.25) is 5.01 Å². The van der Waals surface area contributed by atoms with Gasteiger partial charge in [0.1, 0.15) is 6.33 Å². The molecule has 0 spiro atoms. The monoisotopic (exact) mass is 247 g/mol. The van der Waals surface area contributed by atoms with E-state index in [1.54, 1.807) is 11.0 Å². The molecule has 0 amide bonds. The van der Waals surface area contributed by atoms with Crippen molar-refractivity contribution in [2.45, 2.75) is 12.5 Å². The van der Waals surface area contributed by atoms with Crippen LogP contribution in [0.2, 0.25) is 0 Å². The summed E-state index contributed by atoms with van der Waals surface area (Å²) in [5, 5.41) is 12.6. The van der Waals surface area contributed by atoms with Gasteiger partial charge < -0.3 is 0 Å². The number of rotatable bonds is 2. The van der Waals surface area contributed by atoms with E-state index >= 15 is 0 Å². The number of hydrogen-bond acceptors (Lipinski definition) is 7. The lowest BCUT2D eigenvalue weighted by atomic mass is 10.3. The third kappa shape index (κ3) is 1.77. The van der Waals surface area contributed by atoms with Crippen molar-refractivity contribution >= 4 is 28.5 Å². The van der Waals surface area contributed by atoms with Crippen molar-refractivity contribution in [3.8, 4) is 0 Å². The molecule has 1 unspecified atom stereocenters. The van der Waals surface area contributed by atoms with Gasteiger partial charge in [-0.2, -0.15) is 0 Å². The van der Waals surface area contributed by atoms with Crippen LogP contribution in [0.4, 0.5) is 0 Å². The molecule has 0 bridgehead atoms. The van der Waals surface area contributed by atoms with E-state index in [2.05, 4.69) is 42.7 Å². The summed E-state index contributed by atoms with van der Waals surface area (Å²) >= 11 is 4.61. The van der Waals surface area contributed by atoms with Gasteiger partial charge in [0.25, 0.3) is 0 Å². The molecule has 3 rings (SSSR count). The molecule has 7 nitrogen and oxygen atoms in total. The molecule has 1 aliphatic heterocycles. The minimum atomic E-state index is 0.189. The minimum Gasteiger partial charge on any atom is -0.291 e. The van der Waals surface area contributed by atoms with Crippen molar-refractivity contribution in [2.24, 2.45) is 4.99 Å². The standard InChI is InChI=1S/C9H9N7S/c17-6-12-7-1-2-15(4-7)16-9-8(13-14-16)3-10-5-11-9/h3,5,7H,1-2,4H2. The smallest absolute Gasteiger partial charge is 0.204 e. The molecule has 17 heavy (non-hydrogen) atoms. The average Bonchev–Trinajstić information content (AvgIpc) is 2.95. The average molecular weight is 247 g/mol. The number of hydrogen-bond donors (Lipinski definition) is 0. The van der Waals surface area contributed by atoms with Crippen molar-refractivity contribution in [3.05, 3.63) is 12.5 Å². The SMILES string of the molecule is S=C=NC1CCN(n2nnc3cncnc32)C1. The number of fused-ring (bicyclic) bond motifs is 1. The van der Waals surface area contributed by atoms with Crippen molar-refractivity contribution in [1.29, 1.82) is 0 Å². The van der Waals surface area contributed by atoms with E-state index in [4.69, 9.17) is 0 Å². The fourth-order valence-electron chi connectivity index (χ4n) is 1.94. The fraction of sp³-hybridized carbons (Fsp3) is 0.444. The van der Waals surface area contributed by atoms with Gasteiger partial charge in [-0.15, -0.1) is 9.89 Å². The zero-order valence-corrected chi connectivity index (χ0v) is 9.71. The first-order valence-corrected chi connectivity index (χ1v) is 5.63. The normalized spacial score (nSPS) is 19.5. The van der Waals surface area contributed by atoms with Crippen LogP contribution in [0.5, 0.6) is 0 Å². The zero-order valence-electron chi connectivity index (χ0n) is 8.89. The van der Waals surface area contributed by atoms with Gasteiger partial charge in [0.15, 0.2) is 5.52 Å². The number of isothiocyanates is 1. The van der Waals surface area contributed by atoms with Gasteiger partial charge in [-0.1, -0.05) is 0 Å². The molecule has 1 fully saturated rings. The summed E-state index contributed by atoms with van der Waals surface area (Å²) in [7, 11) is 0. The van der Waals surface area contributed by atoms with Crippen LogP contribution in [0.1, 0.15) is 6.42 Å². The fourth-order valence-corrected chi connectivity index (χ4v) is 2.09. The van der Waals surface area contributed by atoms with E-state index in [0.29, 0.717) is 11.2 Å². The predicted molar refractivity (Wildman–Crippen MR) is 64.5 cm³/mol. The number of thiocarbonyl (C=S) groups is 1. The Hall–Kier alpha value is -1.92. The van der Waals surface area contributed by atoms with Crippen LogP contribution in [0, 0.1) is 0 Å². The molecule has 0 saturated carbocycles. The number of aliphatic imine (C=N–C) groups is 1. The van der Waals surface area contributed by atoms with Gasteiger partial charge in [0.2, 0.25) is 5.65 Å². The lowest BCUT2D eigenvalue weighted by Gasteiger charge is -2.16. The van der Waals surface area contributed by atoms with Gasteiger partial charge in [-0.25, -0.2) is 15.0 Å². The van der Waals surface area contributed by atoms with Gasteiger partial charge in [-0.05, 0) is 23.9 Å². The van der Waals surface area contributed by atoms with Crippen molar-refractivity contribution < 1.29 is 0 Å². The highest BCUT2D eigenvalue weighted by Crippen LogP contribution is 2.13. The quantitative estimate of drug-likeness (QED) is 0.551. The van der Waals surface area contributed by atoms with Crippen molar-refractivity contribution in [1.82, 2.24) is 25.1 Å². The summed E-state index contributed by atoms with van der Waals surface area (Å²) < 4.78 is 0. The second-order valence-electron chi connectivity index (χ2n) is 3.79. The Morgan fingerprint density at radius 2 is 2.47 bits per heavy atom. The Kier molecular flexibility index (Phi) is 2.50. The molecule has 1 atom stereocenters. The van der Waals surface area contributed by atoms with Crippen LogP contribution in [-0.2, 0) is 0 Å². The Labute approximate surface area is 102 Å². The second kappa shape index (κ2) is 4.15. The van der Waals surface area contributed by atoms with Crippen LogP contribution >= 0.6 is 12.2 Å². The Morgan fingerprint density at radius 3 is 3.35 bits per heavy atom. The van der Waals surface area contributed by atoms with Crippen LogP contribution in [0.3, 0.4) is 0 Å². The van der Waals surface area contributed by atoms with E-state index in [-0.39, 0.29) is 6.04 Å². The summed E-state index contributed by atoms with van der Waals surface area (Å²) in [6.07, 6.45) is 4.08. The van der Waals surface area contributed by atoms with Crippen LogP contribution in [0.25, 0.3) is 11.2 Å². The Bertz CT molecular complexity index is 588. The van der Waals surface area contributed by atoms with E-state index < -0.39 is 0 Å². The molecule has 8 heteroatoms. The van der Waals surface area contributed by atoms with E-state index in [1.807, 2.05) is 5.01 Å². The minimum absolute atomic E-state index is 0.189. The molecule has 0 aliphatic carbocycles. The maximum Gasteiger partial charge on any atom is 0.204 e. The summed E-state index contributed by atoms with van der Waals surface area (Å²) in [5.41, 5.74) is 1.40. The molecule has 3 heterocycles. The third-order valence-corrected chi connectivity index (χ3v) is 2.85. The molecular weight excluding hydrogens is 238 g/mol. The molecule has 0 N–H and O–H groups in total. The molecular formula is C9H9N7S. The highest BCUT2D eigenvalue weighted by atomic mass is 32.1. The first-order valence-electron chi connectivity index (χ1n) is 5.22. The molecule has 2 aromatic rings. The Balaban J connectivity index is 1.92. The lowest BCUT2D eigenvalue weighted by molar-refractivity contribution is 0.573. The third-order valence-electron chi connectivity index (χ3n) is 2.74. The molecule has 2 aromatic heterocycles. The second-order valence-corrected chi connectivity index (χ2v) is 3.97. The van der Waals surface area contributed by atoms with Gasteiger partial charge in [0.05, 0.1) is 23.9 Å². The highest BCUT2D eigenvalue weighted by molar-refractivity contribution is 7.78. The molecule has 1 saturated heterocycles. The van der Waals surface area contributed by atoms with Gasteiger partial charge >= 0.3 is 0 Å². The molecule has 1 aliphatic rings. The van der Waals surface area contributed by atoms with E-state index in [0.717, 1.165) is 19.5 Å². The van der Waals surface area contributed by atoms with Crippen LogP contribution < -0.4 is 5.01 Å². The summed E-state index contributed by atoms with van der Waals surface area (Å²) in [5.74, 6) is 0. The Morgan fingerprint density at radius 1 is 1.53 bits per heavy atom. The highest BCUT2D eigenvalue weighted by Gasteiger charge is 2.24. The largest absolute Gasteiger partial charge is 0.291 e. The maximum atomic E-state index is 4.61. The zero-order chi connectivity index (χ0) is 11.7. The first-order chi connectivity index (χ1) is 8.38. The molecule has 86 valence electrons. The van der Waals surface area contributed by atoms with Crippen molar-refractivity contribution in [3.63, 3.8) is 0 Å². The van der Waals surface area contributed by atoms with Crippen molar-refractivity contribution in [2.75, 3.05) is 18.1 Å². The number of aromatic nitrogens is 5. The van der Waals surface area contributed by atoms with E-state index in [1.165, 1.54) is 6.33 Å². The van der Waals surface area contributed by atoms with Crippen LogP contribution in [-0.4, -0.2) is 49.4 Å². The summed E-state index contributed by atoms with van der Waals surface area (Å²) in [4.78, 5) is 13.9. The summed E-state index contributed by atoms with van der Waals surface area (Å²) in [6, 6.07) is 0.189. The van der Waals surface area contributed by atoms with Crippen LogP contribution in [0.15, 0.2) is 17.5 Å². The van der Waals surface area contributed by atoms with E-state index in [9.17, 15) is 0 Å². The van der Waals surface area contributed by atoms with Gasteiger partial charge in [0, 0.05) is 6.54 Å². The maximum absolute atomic E-state index is 4.61.